The van der Waals surface area contributed by atoms with Gasteiger partial charge in [0.1, 0.15) is 5.82 Å². The van der Waals surface area contributed by atoms with E-state index in [1.54, 1.807) is 18.3 Å². The smallest absolute Gasteiger partial charge is 0.415 e. The SMILES string of the molecule is Nc1nccc2ccc(C3=CCN(C(=O)c4ccc(-c5ccncc5)c(OC(=O)C(F)(F)F)c4OC(=O)C(F)(F)F)CC3)cc12. The van der Waals surface area contributed by atoms with Crippen LogP contribution in [0.5, 0.6) is 11.5 Å². The number of aromatic nitrogens is 2. The summed E-state index contributed by atoms with van der Waals surface area (Å²) in [6, 6.07) is 11.8. The van der Waals surface area contributed by atoms with Gasteiger partial charge in [0.2, 0.25) is 0 Å². The van der Waals surface area contributed by atoms with Gasteiger partial charge in [-0.15, -0.1) is 0 Å². The van der Waals surface area contributed by atoms with Crippen molar-refractivity contribution in [3.05, 3.63) is 84.3 Å². The number of fused-ring (bicyclic) bond motifs is 1. The van der Waals surface area contributed by atoms with E-state index in [9.17, 15) is 40.7 Å². The quantitative estimate of drug-likeness (QED) is 0.168. The second-order valence-corrected chi connectivity index (χ2v) is 9.69. The van der Waals surface area contributed by atoms with Gasteiger partial charge in [0.05, 0.1) is 5.56 Å². The lowest BCUT2D eigenvalue weighted by atomic mass is 9.96. The standard InChI is InChI=1S/C30H20F6N4O5/c31-29(32,33)27(42)44-23-20(18-5-10-38-11-6-18)3-4-21(24(23)45-28(43)30(34,35)36)26(41)40-13-8-16(9-14-40)19-2-1-17-7-12-39-25(37)22(17)15-19/h1-8,10-12,15H,9,13-14H2,(H2,37,39). The summed E-state index contributed by atoms with van der Waals surface area (Å²) >= 11 is 0. The van der Waals surface area contributed by atoms with Crippen LogP contribution in [0.1, 0.15) is 22.3 Å². The van der Waals surface area contributed by atoms with Gasteiger partial charge >= 0.3 is 24.3 Å². The lowest BCUT2D eigenvalue weighted by Crippen LogP contribution is -2.36. The maximum atomic E-state index is 13.6. The van der Waals surface area contributed by atoms with Crippen LogP contribution in [0.2, 0.25) is 0 Å². The Morgan fingerprint density at radius 1 is 0.800 bits per heavy atom. The third-order valence-electron chi connectivity index (χ3n) is 6.85. The molecule has 0 bridgehead atoms. The van der Waals surface area contributed by atoms with Gasteiger partial charge in [-0.3, -0.25) is 9.78 Å². The van der Waals surface area contributed by atoms with Crippen molar-refractivity contribution in [1.82, 2.24) is 14.9 Å². The first-order valence-corrected chi connectivity index (χ1v) is 13.0. The van der Waals surface area contributed by atoms with Gasteiger partial charge in [-0.05, 0) is 64.9 Å². The summed E-state index contributed by atoms with van der Waals surface area (Å²) in [4.78, 5) is 46.4. The van der Waals surface area contributed by atoms with E-state index in [1.165, 1.54) is 29.4 Å². The van der Waals surface area contributed by atoms with E-state index in [4.69, 9.17) is 5.73 Å². The monoisotopic (exact) mass is 630 g/mol. The van der Waals surface area contributed by atoms with Crippen LogP contribution in [0.4, 0.5) is 32.2 Å². The van der Waals surface area contributed by atoms with E-state index in [0.717, 1.165) is 28.7 Å². The van der Waals surface area contributed by atoms with E-state index in [2.05, 4.69) is 19.4 Å². The number of carbonyl (C=O) groups is 3. The zero-order valence-corrected chi connectivity index (χ0v) is 22.8. The summed E-state index contributed by atoms with van der Waals surface area (Å²) in [7, 11) is 0. The molecular weight excluding hydrogens is 610 g/mol. The van der Waals surface area contributed by atoms with Gasteiger partial charge in [-0.1, -0.05) is 18.2 Å². The molecule has 2 aromatic heterocycles. The molecule has 3 heterocycles. The Morgan fingerprint density at radius 3 is 2.09 bits per heavy atom. The van der Waals surface area contributed by atoms with Crippen molar-refractivity contribution >= 4 is 40.0 Å². The van der Waals surface area contributed by atoms with E-state index in [0.29, 0.717) is 11.2 Å². The molecule has 0 fully saturated rings. The van der Waals surface area contributed by atoms with E-state index in [-0.39, 0.29) is 30.6 Å². The summed E-state index contributed by atoms with van der Waals surface area (Å²) in [5, 5.41) is 1.57. The Kier molecular flexibility index (Phi) is 8.19. The second kappa shape index (κ2) is 11.9. The molecule has 1 aliphatic heterocycles. The first-order valence-electron chi connectivity index (χ1n) is 13.0. The Hall–Kier alpha value is -5.47. The maximum Gasteiger partial charge on any atom is 0.491 e. The van der Waals surface area contributed by atoms with Crippen LogP contribution < -0.4 is 15.2 Å². The molecule has 2 N–H and O–H groups in total. The number of anilines is 1. The molecule has 5 rings (SSSR count). The van der Waals surface area contributed by atoms with E-state index in [1.807, 2.05) is 18.2 Å². The fourth-order valence-corrected chi connectivity index (χ4v) is 4.67. The van der Waals surface area contributed by atoms with Gasteiger partial charge in [-0.25, -0.2) is 14.6 Å². The number of rotatable bonds is 5. The molecule has 0 radical (unpaired) electrons. The number of pyridine rings is 2. The summed E-state index contributed by atoms with van der Waals surface area (Å²) in [6.45, 7) is -0.0349. The molecule has 0 saturated heterocycles. The predicted molar refractivity (Wildman–Crippen MR) is 148 cm³/mol. The zero-order chi connectivity index (χ0) is 32.5. The fraction of sp³-hybridized carbons (Fsp3) is 0.167. The number of benzene rings is 2. The van der Waals surface area contributed by atoms with Crippen LogP contribution in [0.3, 0.4) is 0 Å². The van der Waals surface area contributed by atoms with Gasteiger partial charge in [0.15, 0.2) is 11.5 Å². The van der Waals surface area contributed by atoms with Gasteiger partial charge in [0, 0.05) is 42.6 Å². The highest BCUT2D eigenvalue weighted by Gasteiger charge is 2.45. The lowest BCUT2D eigenvalue weighted by Gasteiger charge is -2.28. The molecule has 232 valence electrons. The van der Waals surface area contributed by atoms with Gasteiger partial charge in [-0.2, -0.15) is 26.3 Å². The van der Waals surface area contributed by atoms with Crippen LogP contribution in [0.15, 0.2) is 73.2 Å². The molecule has 0 aliphatic carbocycles. The van der Waals surface area contributed by atoms with Gasteiger partial charge in [0.25, 0.3) is 5.91 Å². The molecule has 15 heteroatoms. The molecule has 1 aliphatic rings. The third kappa shape index (κ3) is 6.56. The zero-order valence-electron chi connectivity index (χ0n) is 22.8. The summed E-state index contributed by atoms with van der Waals surface area (Å²) in [6.07, 6.45) is -5.24. The number of nitrogens with two attached hydrogens (primary N) is 1. The molecular formula is C30H20F6N4O5. The van der Waals surface area contributed by atoms with Gasteiger partial charge < -0.3 is 20.1 Å². The number of esters is 2. The summed E-state index contributed by atoms with van der Waals surface area (Å²) < 4.78 is 88.4. The molecule has 1 amide bonds. The predicted octanol–water partition coefficient (Wildman–Crippen LogP) is 5.74. The Bertz CT molecular complexity index is 1840. The number of ether oxygens (including phenoxy) is 2. The fourth-order valence-electron chi connectivity index (χ4n) is 4.67. The Balaban J connectivity index is 1.55. The van der Waals surface area contributed by atoms with Crippen LogP contribution in [0.25, 0.3) is 27.5 Å². The van der Waals surface area contributed by atoms with E-state index < -0.39 is 47.3 Å². The van der Waals surface area contributed by atoms with Crippen molar-refractivity contribution in [2.45, 2.75) is 18.8 Å². The van der Waals surface area contributed by atoms with Crippen LogP contribution in [-0.4, -0.2) is 58.2 Å². The van der Waals surface area contributed by atoms with Crippen molar-refractivity contribution in [1.29, 1.82) is 0 Å². The number of nitrogen functional groups attached to an aromatic ring is 1. The molecule has 0 spiro atoms. The Labute approximate surface area is 249 Å². The Morgan fingerprint density at radius 2 is 1.47 bits per heavy atom. The molecule has 0 unspecified atom stereocenters. The molecule has 0 saturated carbocycles. The van der Waals surface area contributed by atoms with Crippen LogP contribution in [-0.2, 0) is 9.59 Å². The minimum Gasteiger partial charge on any atom is -0.415 e. The normalized spacial score (nSPS) is 13.7. The number of halogens is 6. The summed E-state index contributed by atoms with van der Waals surface area (Å²) in [5.41, 5.74) is 6.52. The number of hydrogen-bond donors (Lipinski definition) is 1. The number of hydrogen-bond acceptors (Lipinski definition) is 8. The molecule has 4 aromatic rings. The van der Waals surface area contributed by atoms with Crippen molar-refractivity contribution in [3.8, 4) is 22.6 Å². The van der Waals surface area contributed by atoms with Crippen molar-refractivity contribution in [2.75, 3.05) is 18.8 Å². The molecule has 45 heavy (non-hydrogen) atoms. The third-order valence-corrected chi connectivity index (χ3v) is 6.85. The first kappa shape index (κ1) is 31.0. The molecule has 2 aromatic carbocycles. The van der Waals surface area contributed by atoms with Crippen molar-refractivity contribution in [2.24, 2.45) is 0 Å². The lowest BCUT2D eigenvalue weighted by molar-refractivity contribution is -0.191. The number of alkyl halides is 6. The largest absolute Gasteiger partial charge is 0.491 e. The summed E-state index contributed by atoms with van der Waals surface area (Å²) in [5.74, 6) is -8.85. The maximum absolute atomic E-state index is 13.6. The van der Waals surface area contributed by atoms with Crippen molar-refractivity contribution < 1.29 is 50.2 Å². The number of carbonyl (C=O) groups excluding carboxylic acids is 3. The van der Waals surface area contributed by atoms with Crippen LogP contribution >= 0.6 is 0 Å². The molecule has 9 nitrogen and oxygen atoms in total. The average molecular weight is 631 g/mol. The van der Waals surface area contributed by atoms with Crippen LogP contribution in [0, 0.1) is 0 Å². The minimum absolute atomic E-state index is 0.0294. The topological polar surface area (TPSA) is 125 Å². The highest BCUT2D eigenvalue weighted by molar-refractivity contribution is 6.01. The van der Waals surface area contributed by atoms with E-state index >= 15 is 0 Å². The highest BCUT2D eigenvalue weighted by atomic mass is 19.4. The van der Waals surface area contributed by atoms with Crippen molar-refractivity contribution in [3.63, 3.8) is 0 Å². The highest BCUT2D eigenvalue weighted by Crippen LogP contribution is 2.43. The number of amides is 1. The minimum atomic E-state index is -5.61. The number of nitrogens with zero attached hydrogens (tertiary/aromatic N) is 3. The average Bonchev–Trinajstić information content (AvgIpc) is 3.01. The first-order chi connectivity index (χ1) is 21.2. The second-order valence-electron chi connectivity index (χ2n) is 9.69. The molecule has 0 atom stereocenters.